The van der Waals surface area contributed by atoms with Crippen molar-refractivity contribution < 1.29 is 4.79 Å². The molecule has 22 heavy (non-hydrogen) atoms. The summed E-state index contributed by atoms with van der Waals surface area (Å²) in [5.41, 5.74) is 14.4. The smallest absolute Gasteiger partial charge is 0.240 e. The van der Waals surface area contributed by atoms with E-state index in [1.807, 2.05) is 61.5 Å². The third-order valence-corrected chi connectivity index (χ3v) is 3.66. The van der Waals surface area contributed by atoms with Gasteiger partial charge >= 0.3 is 0 Å². The van der Waals surface area contributed by atoms with Crippen LogP contribution in [0.2, 0.25) is 0 Å². The zero-order valence-electron chi connectivity index (χ0n) is 12.4. The van der Waals surface area contributed by atoms with E-state index in [9.17, 15) is 4.79 Å². The van der Waals surface area contributed by atoms with Gasteiger partial charge in [-0.2, -0.15) is 0 Å². The van der Waals surface area contributed by atoms with Crippen molar-refractivity contribution in [3.05, 3.63) is 65.7 Å². The van der Waals surface area contributed by atoms with Crippen LogP contribution in [-0.4, -0.2) is 17.1 Å². The normalized spacial score (nSPS) is 11.7. The van der Waals surface area contributed by atoms with Gasteiger partial charge in [0.05, 0.1) is 0 Å². The topological polar surface area (TPSA) is 72.4 Å². The second-order valence-corrected chi connectivity index (χ2v) is 5.57. The second kappa shape index (κ2) is 7.04. The Balaban J connectivity index is 2.33. The average Bonchev–Trinajstić information content (AvgIpc) is 2.49. The van der Waals surface area contributed by atoms with Crippen LogP contribution in [0.3, 0.4) is 0 Å². The van der Waals surface area contributed by atoms with Crippen LogP contribution in [0.4, 0.5) is 5.69 Å². The number of carbonyl (C=O) groups is 1. The van der Waals surface area contributed by atoms with Crippen molar-refractivity contribution in [1.82, 2.24) is 0 Å². The summed E-state index contributed by atoms with van der Waals surface area (Å²) in [7, 11) is 0. The molecular weight excluding hydrogens is 294 g/mol. The average molecular weight is 313 g/mol. The van der Waals surface area contributed by atoms with Gasteiger partial charge in [-0.15, -0.1) is 0 Å². The van der Waals surface area contributed by atoms with Crippen molar-refractivity contribution in [2.75, 3.05) is 4.90 Å². The summed E-state index contributed by atoms with van der Waals surface area (Å²) >= 11 is 5.13. The first-order valence-electron chi connectivity index (χ1n) is 6.97. The largest absolute Gasteiger partial charge is 0.376 e. The van der Waals surface area contributed by atoms with Crippen molar-refractivity contribution in [1.29, 1.82) is 0 Å². The molecule has 0 radical (unpaired) electrons. The van der Waals surface area contributed by atoms with E-state index >= 15 is 0 Å². The fourth-order valence-electron chi connectivity index (χ4n) is 2.32. The molecule has 0 aromatic heterocycles. The number of carbonyl (C=O) groups excluding carboxylic acids is 1. The number of para-hydroxylation sites is 1. The highest BCUT2D eigenvalue weighted by molar-refractivity contribution is 7.80. The number of nitrogens with two attached hydrogens (primary N) is 2. The summed E-state index contributed by atoms with van der Waals surface area (Å²) in [5, 5.41) is 0.127. The SMILES string of the molecule is Cc1ccc(CC(C(N)=O)N(C(N)=S)c2ccccc2)cc1. The number of thiocarbonyl (C=S) groups is 1. The molecule has 4 nitrogen and oxygen atoms in total. The number of rotatable bonds is 5. The fourth-order valence-corrected chi connectivity index (χ4v) is 2.55. The monoisotopic (exact) mass is 313 g/mol. The summed E-state index contributed by atoms with van der Waals surface area (Å²) in [6.45, 7) is 2.01. The summed E-state index contributed by atoms with van der Waals surface area (Å²) in [6, 6.07) is 16.7. The molecule has 0 bridgehead atoms. The van der Waals surface area contributed by atoms with Gasteiger partial charge in [-0.3, -0.25) is 4.79 Å². The zero-order chi connectivity index (χ0) is 16.1. The van der Waals surface area contributed by atoms with Crippen molar-refractivity contribution in [2.45, 2.75) is 19.4 Å². The Kier molecular flexibility index (Phi) is 5.12. The quantitative estimate of drug-likeness (QED) is 0.830. The molecule has 2 aromatic carbocycles. The first-order valence-corrected chi connectivity index (χ1v) is 7.38. The van der Waals surface area contributed by atoms with Crippen LogP contribution < -0.4 is 16.4 Å². The maximum Gasteiger partial charge on any atom is 0.240 e. The molecule has 0 aliphatic rings. The van der Waals surface area contributed by atoms with Gasteiger partial charge in [0, 0.05) is 12.1 Å². The van der Waals surface area contributed by atoms with E-state index in [0.717, 1.165) is 16.8 Å². The lowest BCUT2D eigenvalue weighted by atomic mass is 10.0. The van der Waals surface area contributed by atoms with E-state index < -0.39 is 11.9 Å². The van der Waals surface area contributed by atoms with Crippen LogP contribution in [-0.2, 0) is 11.2 Å². The molecule has 114 valence electrons. The maximum absolute atomic E-state index is 12.0. The Morgan fingerprint density at radius 2 is 1.68 bits per heavy atom. The van der Waals surface area contributed by atoms with Crippen LogP contribution in [0.25, 0.3) is 0 Å². The highest BCUT2D eigenvalue weighted by Gasteiger charge is 2.26. The van der Waals surface area contributed by atoms with Gasteiger partial charge in [0.1, 0.15) is 6.04 Å². The highest BCUT2D eigenvalue weighted by atomic mass is 32.1. The molecule has 0 spiro atoms. The molecule has 0 aliphatic carbocycles. The molecule has 5 heteroatoms. The highest BCUT2D eigenvalue weighted by Crippen LogP contribution is 2.19. The summed E-state index contributed by atoms with van der Waals surface area (Å²) in [4.78, 5) is 13.6. The number of hydrogen-bond acceptors (Lipinski definition) is 2. The van der Waals surface area contributed by atoms with Crippen LogP contribution in [0.1, 0.15) is 11.1 Å². The van der Waals surface area contributed by atoms with Gasteiger partial charge in [0.15, 0.2) is 5.11 Å². The minimum atomic E-state index is -0.623. The molecule has 0 fully saturated rings. The molecule has 2 rings (SSSR count). The molecule has 0 aliphatic heterocycles. The number of aryl methyl sites for hydroxylation is 1. The molecule has 0 heterocycles. The van der Waals surface area contributed by atoms with Crippen molar-refractivity contribution in [3.8, 4) is 0 Å². The molecule has 1 unspecified atom stereocenters. The van der Waals surface area contributed by atoms with Gasteiger partial charge in [0.2, 0.25) is 5.91 Å². The lowest BCUT2D eigenvalue weighted by Gasteiger charge is -2.30. The number of benzene rings is 2. The van der Waals surface area contributed by atoms with Crippen molar-refractivity contribution >= 4 is 28.9 Å². The Morgan fingerprint density at radius 3 is 2.18 bits per heavy atom. The van der Waals surface area contributed by atoms with E-state index in [1.54, 1.807) is 4.90 Å². The van der Waals surface area contributed by atoms with Crippen LogP contribution in [0, 0.1) is 6.92 Å². The first kappa shape index (κ1) is 16.0. The van der Waals surface area contributed by atoms with E-state index in [2.05, 4.69) is 0 Å². The second-order valence-electron chi connectivity index (χ2n) is 5.15. The molecule has 0 saturated carbocycles. The Hall–Kier alpha value is -2.40. The van der Waals surface area contributed by atoms with Crippen molar-refractivity contribution in [3.63, 3.8) is 0 Å². The molecule has 4 N–H and O–H groups in total. The Bertz CT molecular complexity index is 655. The van der Waals surface area contributed by atoms with Crippen LogP contribution >= 0.6 is 12.2 Å². The third-order valence-electron chi connectivity index (χ3n) is 3.46. The van der Waals surface area contributed by atoms with E-state index in [0.29, 0.717) is 6.42 Å². The maximum atomic E-state index is 12.0. The van der Waals surface area contributed by atoms with Gasteiger partial charge in [-0.05, 0) is 36.8 Å². The summed E-state index contributed by atoms with van der Waals surface area (Å²) < 4.78 is 0. The predicted octanol–water partition coefficient (Wildman–Crippen LogP) is 2.14. The number of amides is 1. The Labute approximate surface area is 135 Å². The number of primary amides is 1. The molecule has 1 atom stereocenters. The van der Waals surface area contributed by atoms with Gasteiger partial charge in [0.25, 0.3) is 0 Å². The Morgan fingerprint density at radius 1 is 1.09 bits per heavy atom. The molecule has 0 saturated heterocycles. The fraction of sp³-hybridized carbons (Fsp3) is 0.176. The van der Waals surface area contributed by atoms with E-state index in [4.69, 9.17) is 23.7 Å². The molecular formula is C17H19N3OS. The van der Waals surface area contributed by atoms with Gasteiger partial charge in [-0.25, -0.2) is 0 Å². The van der Waals surface area contributed by atoms with Crippen LogP contribution in [0.15, 0.2) is 54.6 Å². The minimum Gasteiger partial charge on any atom is -0.376 e. The van der Waals surface area contributed by atoms with Gasteiger partial charge in [-0.1, -0.05) is 48.0 Å². The molecule has 2 aromatic rings. The van der Waals surface area contributed by atoms with Gasteiger partial charge < -0.3 is 16.4 Å². The number of anilines is 1. The predicted molar refractivity (Wildman–Crippen MR) is 93.6 cm³/mol. The van der Waals surface area contributed by atoms with E-state index in [1.165, 1.54) is 0 Å². The standard InChI is InChI=1S/C17H19N3OS/c1-12-7-9-13(10-8-12)11-15(16(18)21)20(17(19)22)14-5-3-2-4-6-14/h2-10,15H,11H2,1H3,(H2,18,21)(H2,19,22). The first-order chi connectivity index (χ1) is 10.5. The zero-order valence-corrected chi connectivity index (χ0v) is 13.2. The number of nitrogens with zero attached hydrogens (tertiary/aromatic N) is 1. The van der Waals surface area contributed by atoms with Crippen LogP contribution in [0.5, 0.6) is 0 Å². The summed E-state index contributed by atoms with van der Waals surface area (Å²) in [6.07, 6.45) is 0.446. The van der Waals surface area contributed by atoms with E-state index in [-0.39, 0.29) is 5.11 Å². The third kappa shape index (κ3) is 3.83. The van der Waals surface area contributed by atoms with Crippen molar-refractivity contribution in [2.24, 2.45) is 11.5 Å². The lowest BCUT2D eigenvalue weighted by molar-refractivity contribution is -0.119. The summed E-state index contributed by atoms with van der Waals surface area (Å²) in [5.74, 6) is -0.461. The minimum absolute atomic E-state index is 0.127. The number of hydrogen-bond donors (Lipinski definition) is 2. The lowest BCUT2D eigenvalue weighted by Crippen LogP contribution is -2.51. The molecule has 1 amide bonds.